The van der Waals surface area contributed by atoms with Gasteiger partial charge in [-0.15, -0.1) is 16.6 Å². The lowest BCUT2D eigenvalue weighted by atomic mass is 10.3. The lowest BCUT2D eigenvalue weighted by Gasteiger charge is -2.10. The highest BCUT2D eigenvalue weighted by Crippen LogP contribution is 2.05. The molecule has 1 amide bonds. The number of carbonyl (C=O) groups is 1. The van der Waals surface area contributed by atoms with E-state index >= 15 is 0 Å². The van der Waals surface area contributed by atoms with Gasteiger partial charge in [0.25, 0.3) is 0 Å². The molecule has 0 spiro atoms. The maximum Gasteiger partial charge on any atom is 0.411 e. The molecule has 0 saturated carbocycles. The molecule has 0 bridgehead atoms. The van der Waals surface area contributed by atoms with Crippen LogP contribution in [-0.2, 0) is 17.8 Å². The minimum absolute atomic E-state index is 0.296. The predicted octanol–water partition coefficient (Wildman–Crippen LogP) is 1.11. The highest BCUT2D eigenvalue weighted by atomic mass is 28.3. The van der Waals surface area contributed by atoms with Crippen LogP contribution in [0.1, 0.15) is 5.69 Å². The van der Waals surface area contributed by atoms with E-state index in [1.54, 1.807) is 9.58 Å². The molecule has 2 rings (SSSR count). The highest BCUT2D eigenvalue weighted by Gasteiger charge is 2.22. The summed E-state index contributed by atoms with van der Waals surface area (Å²) in [7, 11) is -1.33. The number of rotatable bonds is 3. The molecular weight excluding hydrogens is 260 g/mol. The third-order valence-electron chi connectivity index (χ3n) is 2.48. The fourth-order valence-corrected chi connectivity index (χ4v) is 2.24. The fourth-order valence-electron chi connectivity index (χ4n) is 1.62. The topological polar surface area (TPSA) is 60.2 Å². The summed E-state index contributed by atoms with van der Waals surface area (Å²) in [4.78, 5) is 12.9. The number of nitrogens with zero attached hydrogens (tertiary/aromatic N) is 4. The molecule has 7 heteroatoms. The summed E-state index contributed by atoms with van der Waals surface area (Å²) in [5.41, 5.74) is 4.12. The van der Waals surface area contributed by atoms with E-state index in [4.69, 9.17) is 4.74 Å². The van der Waals surface area contributed by atoms with Crippen molar-refractivity contribution in [2.45, 2.75) is 32.7 Å². The quantitative estimate of drug-likeness (QED) is 0.614. The van der Waals surface area contributed by atoms with Crippen molar-refractivity contribution in [3.8, 4) is 11.5 Å². The van der Waals surface area contributed by atoms with E-state index in [9.17, 15) is 4.79 Å². The van der Waals surface area contributed by atoms with Crippen molar-refractivity contribution >= 4 is 14.2 Å². The van der Waals surface area contributed by atoms with Crippen molar-refractivity contribution in [1.29, 1.82) is 0 Å². The maximum atomic E-state index is 11.3. The molecule has 19 heavy (non-hydrogen) atoms. The number of ether oxygens (including phenoxy) is 1. The van der Waals surface area contributed by atoms with Crippen LogP contribution < -0.4 is 0 Å². The van der Waals surface area contributed by atoms with E-state index in [0.717, 1.165) is 5.69 Å². The first-order valence-electron chi connectivity index (χ1n) is 6.25. The van der Waals surface area contributed by atoms with Crippen LogP contribution in [0.5, 0.6) is 0 Å². The van der Waals surface area contributed by atoms with Gasteiger partial charge >= 0.3 is 6.09 Å². The Bertz CT molecular complexity index is 524. The Balaban J connectivity index is 1.91. The van der Waals surface area contributed by atoms with Gasteiger partial charge in [0.1, 0.15) is 21.3 Å². The first kappa shape index (κ1) is 13.6. The normalized spacial score (nSPS) is 15.1. The molecule has 1 aromatic heterocycles. The highest BCUT2D eigenvalue weighted by molar-refractivity contribution is 6.83. The molecule has 6 nitrogen and oxygen atoms in total. The van der Waals surface area contributed by atoms with Crippen LogP contribution in [0.15, 0.2) is 6.20 Å². The first-order valence-corrected chi connectivity index (χ1v) is 9.75. The summed E-state index contributed by atoms with van der Waals surface area (Å²) in [5.74, 6) is 3.15. The maximum absolute atomic E-state index is 11.3. The SMILES string of the molecule is C[Si](C)(C)C#CCc1cn(CN2CCOC2=O)nn1. The molecule has 0 unspecified atom stereocenters. The average molecular weight is 278 g/mol. The summed E-state index contributed by atoms with van der Waals surface area (Å²) < 4.78 is 6.49. The Morgan fingerprint density at radius 3 is 2.89 bits per heavy atom. The van der Waals surface area contributed by atoms with Crippen LogP contribution in [-0.4, -0.2) is 47.2 Å². The third-order valence-corrected chi connectivity index (χ3v) is 3.41. The summed E-state index contributed by atoms with van der Waals surface area (Å²) in [6.45, 7) is 8.04. The molecular formula is C12H18N4O2Si. The number of carbonyl (C=O) groups excluding carboxylic acids is 1. The second-order valence-electron chi connectivity index (χ2n) is 5.50. The largest absolute Gasteiger partial charge is 0.447 e. The Hall–Kier alpha value is -1.81. The molecule has 1 saturated heterocycles. The predicted molar refractivity (Wildman–Crippen MR) is 72.9 cm³/mol. The Kier molecular flexibility index (Phi) is 3.90. The summed E-state index contributed by atoms with van der Waals surface area (Å²) in [5, 5.41) is 8.04. The second-order valence-corrected chi connectivity index (χ2v) is 10.2. The standard InChI is InChI=1S/C12H18N4O2Si/c1-19(2,3)8-4-5-11-9-16(14-13-11)10-15-6-7-18-12(15)17/h9H,5-7,10H2,1-3H3. The van der Waals surface area contributed by atoms with Crippen LogP contribution in [0, 0.1) is 11.5 Å². The lowest BCUT2D eigenvalue weighted by molar-refractivity contribution is 0.149. The van der Waals surface area contributed by atoms with Crippen molar-refractivity contribution in [2.24, 2.45) is 0 Å². The van der Waals surface area contributed by atoms with Gasteiger partial charge in [0, 0.05) is 0 Å². The van der Waals surface area contributed by atoms with Crippen LogP contribution in [0.2, 0.25) is 19.6 Å². The number of hydrogen-bond donors (Lipinski definition) is 0. The molecule has 1 fully saturated rings. The Morgan fingerprint density at radius 2 is 2.26 bits per heavy atom. The van der Waals surface area contributed by atoms with Crippen LogP contribution in [0.3, 0.4) is 0 Å². The molecule has 0 radical (unpaired) electrons. The minimum atomic E-state index is -1.33. The average Bonchev–Trinajstić information content (AvgIpc) is 2.88. The van der Waals surface area contributed by atoms with Crippen LogP contribution in [0.25, 0.3) is 0 Å². The number of cyclic esters (lactones) is 1. The van der Waals surface area contributed by atoms with Crippen molar-refractivity contribution in [3.05, 3.63) is 11.9 Å². The van der Waals surface area contributed by atoms with Gasteiger partial charge in [-0.05, 0) is 0 Å². The van der Waals surface area contributed by atoms with Gasteiger partial charge in [0.2, 0.25) is 0 Å². The zero-order valence-corrected chi connectivity index (χ0v) is 12.5. The van der Waals surface area contributed by atoms with Crippen molar-refractivity contribution in [1.82, 2.24) is 19.9 Å². The van der Waals surface area contributed by atoms with Crippen LogP contribution in [0.4, 0.5) is 4.79 Å². The second kappa shape index (κ2) is 5.44. The van der Waals surface area contributed by atoms with Crippen molar-refractivity contribution < 1.29 is 9.53 Å². The van der Waals surface area contributed by atoms with Gasteiger partial charge < -0.3 is 4.74 Å². The monoisotopic (exact) mass is 278 g/mol. The molecule has 102 valence electrons. The number of aromatic nitrogens is 3. The number of hydrogen-bond acceptors (Lipinski definition) is 4. The van der Waals surface area contributed by atoms with E-state index in [1.165, 1.54) is 0 Å². The lowest BCUT2D eigenvalue weighted by Crippen LogP contribution is -2.27. The summed E-state index contributed by atoms with van der Waals surface area (Å²) in [6, 6.07) is 0. The zero-order valence-electron chi connectivity index (χ0n) is 11.5. The van der Waals surface area contributed by atoms with E-state index < -0.39 is 8.07 Å². The minimum Gasteiger partial charge on any atom is -0.447 e. The van der Waals surface area contributed by atoms with Gasteiger partial charge in [-0.2, -0.15) is 0 Å². The zero-order chi connectivity index (χ0) is 13.9. The summed E-state index contributed by atoms with van der Waals surface area (Å²) in [6.07, 6.45) is 2.13. The smallest absolute Gasteiger partial charge is 0.411 e. The molecule has 1 aliphatic rings. The van der Waals surface area contributed by atoms with Crippen molar-refractivity contribution in [2.75, 3.05) is 13.2 Å². The Labute approximate surface area is 113 Å². The molecule has 0 N–H and O–H groups in total. The van der Waals surface area contributed by atoms with Crippen LogP contribution >= 0.6 is 0 Å². The van der Waals surface area contributed by atoms with Crippen molar-refractivity contribution in [3.63, 3.8) is 0 Å². The molecule has 1 aromatic rings. The van der Waals surface area contributed by atoms with E-state index in [0.29, 0.717) is 26.2 Å². The van der Waals surface area contributed by atoms with E-state index in [2.05, 4.69) is 41.4 Å². The Morgan fingerprint density at radius 1 is 1.47 bits per heavy atom. The fraction of sp³-hybridized carbons (Fsp3) is 0.583. The molecule has 0 atom stereocenters. The van der Waals surface area contributed by atoms with Gasteiger partial charge in [-0.3, -0.25) is 4.90 Å². The molecule has 0 aromatic carbocycles. The molecule has 1 aliphatic heterocycles. The van der Waals surface area contributed by atoms with Gasteiger partial charge in [0.15, 0.2) is 0 Å². The molecule has 0 aliphatic carbocycles. The third kappa shape index (κ3) is 4.10. The van der Waals surface area contributed by atoms with E-state index in [1.807, 2.05) is 6.20 Å². The molecule has 2 heterocycles. The van der Waals surface area contributed by atoms with E-state index in [-0.39, 0.29) is 6.09 Å². The summed E-state index contributed by atoms with van der Waals surface area (Å²) >= 11 is 0. The first-order chi connectivity index (χ1) is 8.94. The van der Waals surface area contributed by atoms with Gasteiger partial charge in [-0.1, -0.05) is 24.9 Å². The number of amides is 1. The van der Waals surface area contributed by atoms with Gasteiger partial charge in [0.05, 0.1) is 24.9 Å². The van der Waals surface area contributed by atoms with Gasteiger partial charge in [-0.25, -0.2) is 9.48 Å².